The summed E-state index contributed by atoms with van der Waals surface area (Å²) in [7, 11) is 1.53. The lowest BCUT2D eigenvalue weighted by molar-refractivity contribution is -0.119. The van der Waals surface area contributed by atoms with Gasteiger partial charge in [-0.1, -0.05) is 0 Å². The van der Waals surface area contributed by atoms with Gasteiger partial charge in [-0.25, -0.2) is 5.43 Å². The van der Waals surface area contributed by atoms with Gasteiger partial charge in [0.1, 0.15) is 11.5 Å². The number of nitrogens with zero attached hydrogens (tertiary/aromatic N) is 1. The van der Waals surface area contributed by atoms with Crippen molar-refractivity contribution >= 4 is 49.7 Å². The average molecular weight is 471 g/mol. The highest BCUT2D eigenvalue weighted by Crippen LogP contribution is 2.32. The molecule has 0 heterocycles. The highest BCUT2D eigenvalue weighted by atomic mass is 79.9. The van der Waals surface area contributed by atoms with Gasteiger partial charge in [0, 0.05) is 14.5 Å². The molecule has 0 aliphatic carbocycles. The molecule has 2 rings (SSSR count). The molecular weight excluding hydrogens is 454 g/mol. The number of hydrogen-bond acceptors (Lipinski definition) is 5. The number of halogens is 2. The van der Waals surface area contributed by atoms with Crippen molar-refractivity contribution in [3.05, 3.63) is 50.4 Å². The second kappa shape index (κ2) is 8.87. The van der Waals surface area contributed by atoms with Crippen molar-refractivity contribution in [2.45, 2.75) is 6.92 Å². The van der Waals surface area contributed by atoms with E-state index in [-0.39, 0.29) is 18.2 Å². The summed E-state index contributed by atoms with van der Waals surface area (Å²) in [6, 6.07) is 8.65. The van der Waals surface area contributed by atoms with Gasteiger partial charge in [0.2, 0.25) is 0 Å². The number of carbonyl (C=O) groups is 1. The summed E-state index contributed by atoms with van der Waals surface area (Å²) in [6.45, 7) is 2.02. The molecule has 25 heavy (non-hydrogen) atoms. The third-order valence-corrected chi connectivity index (χ3v) is 4.49. The van der Waals surface area contributed by atoms with Crippen LogP contribution in [0.25, 0.3) is 0 Å². The van der Waals surface area contributed by atoms with Crippen molar-refractivity contribution in [1.29, 1.82) is 0 Å². The average Bonchev–Trinajstić information content (AvgIpc) is 2.55. The van der Waals surface area contributed by atoms with Crippen LogP contribution in [-0.2, 0) is 4.79 Å². The number of nitrogens with one attached hydrogen (secondary N) is 2. The van der Waals surface area contributed by atoms with E-state index in [1.165, 1.54) is 19.4 Å². The number of methoxy groups -OCH3 is 1. The molecule has 0 spiro atoms. The van der Waals surface area contributed by atoms with Crippen molar-refractivity contribution in [3.63, 3.8) is 0 Å². The number of rotatable bonds is 6. The van der Waals surface area contributed by atoms with Crippen molar-refractivity contribution in [2.75, 3.05) is 19.0 Å². The molecule has 0 bridgehead atoms. The molecule has 0 aliphatic heterocycles. The number of benzene rings is 2. The lowest BCUT2D eigenvalue weighted by Gasteiger charge is -2.11. The number of carbonyl (C=O) groups excluding carboxylic acids is 1. The summed E-state index contributed by atoms with van der Waals surface area (Å²) < 4.78 is 6.79. The van der Waals surface area contributed by atoms with Gasteiger partial charge in [-0.05, 0) is 74.7 Å². The van der Waals surface area contributed by atoms with Gasteiger partial charge >= 0.3 is 0 Å². The number of aromatic hydroxyl groups is 1. The van der Waals surface area contributed by atoms with E-state index >= 15 is 0 Å². The minimum atomic E-state index is -0.321. The van der Waals surface area contributed by atoms with Crippen molar-refractivity contribution in [1.82, 2.24) is 5.43 Å². The first-order chi connectivity index (χ1) is 11.9. The normalized spacial score (nSPS) is 10.7. The Morgan fingerprint density at radius 2 is 1.96 bits per heavy atom. The zero-order valence-electron chi connectivity index (χ0n) is 13.6. The Labute approximate surface area is 162 Å². The van der Waals surface area contributed by atoms with Crippen LogP contribution in [0.15, 0.2) is 44.4 Å². The Hall–Kier alpha value is -2.06. The highest BCUT2D eigenvalue weighted by molar-refractivity contribution is 9.11. The lowest BCUT2D eigenvalue weighted by atomic mass is 10.2. The largest absolute Gasteiger partial charge is 0.507 e. The fourth-order valence-corrected chi connectivity index (χ4v) is 3.71. The molecule has 0 saturated heterocycles. The molecule has 0 saturated carbocycles. The Balaban J connectivity index is 1.93. The van der Waals surface area contributed by atoms with Crippen molar-refractivity contribution in [2.24, 2.45) is 5.10 Å². The van der Waals surface area contributed by atoms with Gasteiger partial charge in [-0.15, -0.1) is 0 Å². The molecule has 8 heteroatoms. The van der Waals surface area contributed by atoms with E-state index in [1.807, 2.05) is 19.1 Å². The number of hydrogen-bond donors (Lipinski definition) is 3. The van der Waals surface area contributed by atoms with Gasteiger partial charge in [0.05, 0.1) is 25.6 Å². The number of hydrazone groups is 1. The van der Waals surface area contributed by atoms with Crippen LogP contribution in [0.1, 0.15) is 11.1 Å². The van der Waals surface area contributed by atoms with Gasteiger partial charge in [0.15, 0.2) is 0 Å². The summed E-state index contributed by atoms with van der Waals surface area (Å²) in [4.78, 5) is 11.9. The van der Waals surface area contributed by atoms with Gasteiger partial charge in [0.25, 0.3) is 5.91 Å². The molecule has 2 aromatic rings. The summed E-state index contributed by atoms with van der Waals surface area (Å²) in [5.74, 6) is 0.309. The van der Waals surface area contributed by atoms with Crippen LogP contribution >= 0.6 is 31.9 Å². The number of phenols is 1. The van der Waals surface area contributed by atoms with E-state index in [9.17, 15) is 9.90 Å². The fraction of sp³-hybridized carbons (Fsp3) is 0.176. The number of anilines is 1. The molecule has 0 atom stereocenters. The maximum absolute atomic E-state index is 11.9. The topological polar surface area (TPSA) is 83.0 Å². The number of aryl methyl sites for hydroxylation is 1. The highest BCUT2D eigenvalue weighted by Gasteiger charge is 2.08. The number of ether oxygens (including phenoxy) is 1. The molecule has 132 valence electrons. The first kappa shape index (κ1) is 19.3. The molecular formula is C17H17Br2N3O3. The first-order valence-electron chi connectivity index (χ1n) is 7.29. The zero-order chi connectivity index (χ0) is 18.4. The SMILES string of the molecule is COc1ccc(O)c(C=NNC(=O)CNc2c(Br)cc(C)cc2Br)c1. The van der Waals surface area contributed by atoms with E-state index in [0.717, 1.165) is 20.2 Å². The molecule has 0 fully saturated rings. The van der Waals surface area contributed by atoms with E-state index in [1.54, 1.807) is 12.1 Å². The molecule has 0 aliphatic rings. The molecule has 0 aromatic heterocycles. The molecule has 0 unspecified atom stereocenters. The van der Waals surface area contributed by atoms with Crippen molar-refractivity contribution in [3.8, 4) is 11.5 Å². The number of phenolic OH excluding ortho intramolecular Hbond substituents is 1. The van der Waals surface area contributed by atoms with Gasteiger partial charge < -0.3 is 15.2 Å². The Bertz CT molecular complexity index is 787. The summed E-state index contributed by atoms with van der Waals surface area (Å²) >= 11 is 6.92. The lowest BCUT2D eigenvalue weighted by Crippen LogP contribution is -2.26. The van der Waals surface area contributed by atoms with Gasteiger partial charge in [-0.3, -0.25) is 4.79 Å². The molecule has 1 amide bonds. The van der Waals surface area contributed by atoms with Crippen LogP contribution in [0.5, 0.6) is 11.5 Å². The van der Waals surface area contributed by atoms with Crippen molar-refractivity contribution < 1.29 is 14.6 Å². The van der Waals surface area contributed by atoms with Crippen LogP contribution < -0.4 is 15.5 Å². The van der Waals surface area contributed by atoms with E-state index in [4.69, 9.17) is 4.74 Å². The predicted octanol–water partition coefficient (Wildman–Crippen LogP) is 3.80. The second-order valence-corrected chi connectivity index (χ2v) is 6.88. The minimum absolute atomic E-state index is 0.0433. The summed E-state index contributed by atoms with van der Waals surface area (Å²) in [5.41, 5.74) is 4.72. The fourth-order valence-electron chi connectivity index (χ4n) is 2.01. The minimum Gasteiger partial charge on any atom is -0.507 e. The smallest absolute Gasteiger partial charge is 0.259 e. The summed E-state index contributed by atoms with van der Waals surface area (Å²) in [6.07, 6.45) is 1.35. The first-order valence-corrected chi connectivity index (χ1v) is 8.87. The quantitative estimate of drug-likeness (QED) is 0.443. The molecule has 0 radical (unpaired) electrons. The monoisotopic (exact) mass is 469 g/mol. The van der Waals surface area contributed by atoms with Crippen LogP contribution in [-0.4, -0.2) is 30.9 Å². The zero-order valence-corrected chi connectivity index (χ0v) is 16.8. The molecule has 6 nitrogen and oxygen atoms in total. The second-order valence-electron chi connectivity index (χ2n) is 5.18. The molecule has 3 N–H and O–H groups in total. The maximum Gasteiger partial charge on any atom is 0.259 e. The Kier molecular flexibility index (Phi) is 6.83. The Morgan fingerprint density at radius 3 is 2.60 bits per heavy atom. The van der Waals surface area contributed by atoms with E-state index in [2.05, 4.69) is 47.7 Å². The maximum atomic E-state index is 11.9. The van der Waals surface area contributed by atoms with E-state index < -0.39 is 0 Å². The third kappa shape index (κ3) is 5.47. The summed E-state index contributed by atoms with van der Waals surface area (Å²) in [5, 5.41) is 16.6. The van der Waals surface area contributed by atoms with Crippen LogP contribution in [0.2, 0.25) is 0 Å². The third-order valence-electron chi connectivity index (χ3n) is 3.24. The number of amides is 1. The van der Waals surface area contributed by atoms with Crippen LogP contribution in [0, 0.1) is 6.92 Å². The van der Waals surface area contributed by atoms with Gasteiger partial charge in [-0.2, -0.15) is 5.10 Å². The Morgan fingerprint density at radius 1 is 1.28 bits per heavy atom. The van der Waals surface area contributed by atoms with Crippen LogP contribution in [0.4, 0.5) is 5.69 Å². The molecule has 2 aromatic carbocycles. The predicted molar refractivity (Wildman–Crippen MR) is 105 cm³/mol. The van der Waals surface area contributed by atoms with E-state index in [0.29, 0.717) is 11.3 Å². The van der Waals surface area contributed by atoms with Crippen LogP contribution in [0.3, 0.4) is 0 Å². The standard InChI is InChI=1S/C17H17Br2N3O3/c1-10-5-13(18)17(14(19)6-10)20-9-16(24)22-21-8-11-7-12(25-2)3-4-15(11)23/h3-8,20,23H,9H2,1-2H3,(H,22,24).